The van der Waals surface area contributed by atoms with Crippen LogP contribution in [0.3, 0.4) is 0 Å². The molecule has 0 spiro atoms. The first kappa shape index (κ1) is 12.3. The number of thiazole rings is 1. The van der Waals surface area contributed by atoms with E-state index in [0.29, 0.717) is 5.92 Å². The number of hydrogen-bond acceptors (Lipinski definition) is 3. The Bertz CT molecular complexity index is 470. The Morgan fingerprint density at radius 2 is 2.24 bits per heavy atom. The van der Waals surface area contributed by atoms with Crippen molar-refractivity contribution in [3.63, 3.8) is 0 Å². The van der Waals surface area contributed by atoms with Crippen LogP contribution in [-0.4, -0.2) is 14.5 Å². The molecule has 2 rings (SSSR count). The molecule has 4 heteroatoms. The molecule has 0 fully saturated rings. The summed E-state index contributed by atoms with van der Waals surface area (Å²) in [6.07, 6.45) is 6.08. The number of imidazole rings is 1. The van der Waals surface area contributed by atoms with Crippen LogP contribution >= 0.6 is 11.3 Å². The predicted molar refractivity (Wildman–Crippen MR) is 71.5 cm³/mol. The maximum Gasteiger partial charge on any atom is 0.108 e. The molecule has 2 aromatic rings. The molecule has 2 aromatic heterocycles. The summed E-state index contributed by atoms with van der Waals surface area (Å²) in [5.74, 6) is 1.68. The standard InChI is InChI=1S/C13H19N3S/c1-4-5-12-14-6-7-16(12)8-11-9-17-13(15-11)10(2)3/h6-7,9-10H,4-5,8H2,1-3H3. The van der Waals surface area contributed by atoms with Gasteiger partial charge in [-0.3, -0.25) is 0 Å². The maximum atomic E-state index is 4.66. The van der Waals surface area contributed by atoms with E-state index >= 15 is 0 Å². The summed E-state index contributed by atoms with van der Waals surface area (Å²) in [6, 6.07) is 0. The van der Waals surface area contributed by atoms with Crippen LogP contribution in [0.4, 0.5) is 0 Å². The van der Waals surface area contributed by atoms with Crippen molar-refractivity contribution in [3.05, 3.63) is 34.3 Å². The van der Waals surface area contributed by atoms with Crippen molar-refractivity contribution in [1.82, 2.24) is 14.5 Å². The van der Waals surface area contributed by atoms with Crippen molar-refractivity contribution in [2.75, 3.05) is 0 Å². The molecule has 0 unspecified atom stereocenters. The van der Waals surface area contributed by atoms with Crippen molar-refractivity contribution in [3.8, 4) is 0 Å². The summed E-state index contributed by atoms with van der Waals surface area (Å²) >= 11 is 1.75. The summed E-state index contributed by atoms with van der Waals surface area (Å²) in [5.41, 5.74) is 1.15. The highest BCUT2D eigenvalue weighted by Gasteiger charge is 2.08. The van der Waals surface area contributed by atoms with Gasteiger partial charge in [-0.25, -0.2) is 9.97 Å². The number of rotatable bonds is 5. The second-order valence-corrected chi connectivity index (χ2v) is 5.44. The average molecular weight is 249 g/mol. The molecule has 0 aliphatic heterocycles. The maximum absolute atomic E-state index is 4.66. The molecule has 2 heterocycles. The van der Waals surface area contributed by atoms with Crippen molar-refractivity contribution < 1.29 is 0 Å². The van der Waals surface area contributed by atoms with Gasteiger partial charge in [0.05, 0.1) is 17.2 Å². The number of hydrogen-bond donors (Lipinski definition) is 0. The molecule has 0 aliphatic carbocycles. The van der Waals surface area contributed by atoms with E-state index in [2.05, 4.69) is 40.7 Å². The molecule has 0 N–H and O–H groups in total. The van der Waals surface area contributed by atoms with Crippen molar-refractivity contribution in [2.24, 2.45) is 0 Å². The van der Waals surface area contributed by atoms with Crippen LogP contribution in [0.2, 0.25) is 0 Å². The molecule has 0 atom stereocenters. The fourth-order valence-corrected chi connectivity index (χ4v) is 2.60. The van der Waals surface area contributed by atoms with Gasteiger partial charge in [0.1, 0.15) is 5.82 Å². The molecule has 0 amide bonds. The van der Waals surface area contributed by atoms with Gasteiger partial charge in [0.15, 0.2) is 0 Å². The minimum absolute atomic E-state index is 0.520. The van der Waals surface area contributed by atoms with E-state index in [-0.39, 0.29) is 0 Å². The molecule has 0 aliphatic rings. The van der Waals surface area contributed by atoms with Gasteiger partial charge in [0, 0.05) is 30.1 Å². The van der Waals surface area contributed by atoms with Crippen LogP contribution in [0.25, 0.3) is 0 Å². The van der Waals surface area contributed by atoms with Crippen LogP contribution in [0.5, 0.6) is 0 Å². The molecule has 0 bridgehead atoms. The highest BCUT2D eigenvalue weighted by molar-refractivity contribution is 7.09. The average Bonchev–Trinajstić information content (AvgIpc) is 2.90. The first-order chi connectivity index (χ1) is 8.20. The summed E-state index contributed by atoms with van der Waals surface area (Å²) in [7, 11) is 0. The van der Waals surface area contributed by atoms with Crippen molar-refractivity contribution in [1.29, 1.82) is 0 Å². The Morgan fingerprint density at radius 3 is 2.88 bits per heavy atom. The van der Waals surface area contributed by atoms with Gasteiger partial charge in [-0.1, -0.05) is 20.8 Å². The molecule has 92 valence electrons. The molecule has 17 heavy (non-hydrogen) atoms. The van der Waals surface area contributed by atoms with E-state index in [0.717, 1.165) is 30.9 Å². The molecule has 0 saturated carbocycles. The Morgan fingerprint density at radius 1 is 1.41 bits per heavy atom. The molecule has 3 nitrogen and oxygen atoms in total. The van der Waals surface area contributed by atoms with Gasteiger partial charge in [0.25, 0.3) is 0 Å². The number of aromatic nitrogens is 3. The van der Waals surface area contributed by atoms with E-state index in [1.54, 1.807) is 11.3 Å². The van der Waals surface area contributed by atoms with Crippen molar-refractivity contribution >= 4 is 11.3 Å². The summed E-state index contributed by atoms with van der Waals surface area (Å²) < 4.78 is 2.20. The highest BCUT2D eigenvalue weighted by atomic mass is 32.1. The summed E-state index contributed by atoms with van der Waals surface area (Å²) in [4.78, 5) is 9.04. The molecule has 0 radical (unpaired) electrons. The van der Waals surface area contributed by atoms with Crippen molar-refractivity contribution in [2.45, 2.75) is 46.1 Å². The fraction of sp³-hybridized carbons (Fsp3) is 0.538. The zero-order valence-corrected chi connectivity index (χ0v) is 11.5. The first-order valence-corrected chi connectivity index (χ1v) is 7.03. The molecule has 0 aromatic carbocycles. The third-order valence-corrected chi connectivity index (χ3v) is 3.87. The fourth-order valence-electron chi connectivity index (χ4n) is 1.77. The van der Waals surface area contributed by atoms with E-state index in [1.165, 1.54) is 5.01 Å². The van der Waals surface area contributed by atoms with Crippen LogP contribution in [0, 0.1) is 0 Å². The van der Waals surface area contributed by atoms with Crippen LogP contribution < -0.4 is 0 Å². The van der Waals surface area contributed by atoms with Crippen LogP contribution in [0.1, 0.15) is 49.6 Å². The minimum Gasteiger partial charge on any atom is -0.329 e. The topological polar surface area (TPSA) is 30.7 Å². The number of nitrogens with zero attached hydrogens (tertiary/aromatic N) is 3. The lowest BCUT2D eigenvalue weighted by molar-refractivity contribution is 0.692. The van der Waals surface area contributed by atoms with E-state index in [9.17, 15) is 0 Å². The predicted octanol–water partition coefficient (Wildman–Crippen LogP) is 3.46. The van der Waals surface area contributed by atoms with Gasteiger partial charge in [0.2, 0.25) is 0 Å². The van der Waals surface area contributed by atoms with Gasteiger partial charge in [-0.05, 0) is 6.42 Å². The Hall–Kier alpha value is -1.16. The van der Waals surface area contributed by atoms with Gasteiger partial charge in [-0.15, -0.1) is 11.3 Å². The minimum atomic E-state index is 0.520. The lowest BCUT2D eigenvalue weighted by atomic mass is 10.2. The second kappa shape index (κ2) is 5.45. The second-order valence-electron chi connectivity index (χ2n) is 4.55. The lowest BCUT2D eigenvalue weighted by Gasteiger charge is -2.04. The van der Waals surface area contributed by atoms with E-state index in [1.807, 2.05) is 12.4 Å². The van der Waals surface area contributed by atoms with Crippen LogP contribution in [0.15, 0.2) is 17.8 Å². The third-order valence-electron chi connectivity index (χ3n) is 2.67. The third kappa shape index (κ3) is 2.94. The molecule has 0 saturated heterocycles. The Kier molecular flexibility index (Phi) is 3.94. The zero-order chi connectivity index (χ0) is 12.3. The van der Waals surface area contributed by atoms with E-state index in [4.69, 9.17) is 0 Å². The van der Waals surface area contributed by atoms with Gasteiger partial charge >= 0.3 is 0 Å². The lowest BCUT2D eigenvalue weighted by Crippen LogP contribution is -2.04. The zero-order valence-electron chi connectivity index (χ0n) is 10.7. The monoisotopic (exact) mass is 249 g/mol. The quantitative estimate of drug-likeness (QED) is 0.812. The molecular formula is C13H19N3S. The van der Waals surface area contributed by atoms with Gasteiger partial charge < -0.3 is 4.57 Å². The Labute approximate surface area is 107 Å². The highest BCUT2D eigenvalue weighted by Crippen LogP contribution is 2.20. The summed E-state index contributed by atoms with van der Waals surface area (Å²) in [6.45, 7) is 7.39. The van der Waals surface area contributed by atoms with E-state index < -0.39 is 0 Å². The number of aryl methyl sites for hydroxylation is 1. The van der Waals surface area contributed by atoms with Gasteiger partial charge in [-0.2, -0.15) is 0 Å². The largest absolute Gasteiger partial charge is 0.329 e. The Balaban J connectivity index is 2.11. The molecular weight excluding hydrogens is 230 g/mol. The smallest absolute Gasteiger partial charge is 0.108 e. The normalized spacial score (nSPS) is 11.3. The summed E-state index contributed by atoms with van der Waals surface area (Å²) in [5, 5.41) is 3.38. The first-order valence-electron chi connectivity index (χ1n) is 6.15. The van der Waals surface area contributed by atoms with Crippen LogP contribution in [-0.2, 0) is 13.0 Å². The SMILES string of the molecule is CCCc1nccn1Cc1csc(C(C)C)n1.